The van der Waals surface area contributed by atoms with Crippen molar-refractivity contribution in [2.75, 3.05) is 0 Å². The van der Waals surface area contributed by atoms with Crippen molar-refractivity contribution < 1.29 is 4.39 Å². The molecule has 1 saturated carbocycles. The topological polar surface area (TPSA) is 26.0 Å². The van der Waals surface area contributed by atoms with Crippen LogP contribution in [0.5, 0.6) is 0 Å². The average molecular weight is 228 g/mol. The molecule has 1 aromatic carbocycles. The van der Waals surface area contributed by atoms with Crippen LogP contribution in [0.3, 0.4) is 0 Å². The van der Waals surface area contributed by atoms with Crippen molar-refractivity contribution in [2.45, 2.75) is 37.4 Å². The van der Waals surface area contributed by atoms with Crippen LogP contribution in [-0.4, -0.2) is 5.54 Å². The van der Waals surface area contributed by atoms with Gasteiger partial charge in [-0.1, -0.05) is 36.6 Å². The summed E-state index contributed by atoms with van der Waals surface area (Å²) in [6.07, 6.45) is 2.54. The van der Waals surface area contributed by atoms with E-state index in [0.29, 0.717) is 10.6 Å². The third-order valence-electron chi connectivity index (χ3n) is 3.20. The van der Waals surface area contributed by atoms with Gasteiger partial charge in [-0.2, -0.15) is 0 Å². The zero-order chi connectivity index (χ0) is 10.9. The fourth-order valence-corrected chi connectivity index (χ4v) is 2.38. The Morgan fingerprint density at radius 1 is 1.20 bits per heavy atom. The highest BCUT2D eigenvalue weighted by atomic mass is 35.5. The molecule has 15 heavy (non-hydrogen) atoms. The van der Waals surface area contributed by atoms with Gasteiger partial charge in [0.15, 0.2) is 0 Å². The zero-order valence-corrected chi connectivity index (χ0v) is 9.30. The van der Waals surface area contributed by atoms with Gasteiger partial charge in [0.25, 0.3) is 0 Å². The van der Waals surface area contributed by atoms with Crippen molar-refractivity contribution >= 4 is 11.6 Å². The van der Waals surface area contributed by atoms with E-state index >= 15 is 0 Å². The first-order valence-electron chi connectivity index (χ1n) is 5.30. The highest BCUT2D eigenvalue weighted by Crippen LogP contribution is 2.40. The van der Waals surface area contributed by atoms with Crippen LogP contribution in [0.2, 0.25) is 5.02 Å². The molecule has 2 N–H and O–H groups in total. The molecule has 2 rings (SSSR count). The maximum atomic E-state index is 14.2. The van der Waals surface area contributed by atoms with Gasteiger partial charge in [-0.15, -0.1) is 0 Å². The van der Waals surface area contributed by atoms with Crippen LogP contribution in [0.4, 0.5) is 4.39 Å². The number of hydrogen-bond acceptors (Lipinski definition) is 1. The van der Waals surface area contributed by atoms with Gasteiger partial charge in [-0.25, -0.2) is 4.39 Å². The third-order valence-corrected chi connectivity index (χ3v) is 3.45. The van der Waals surface area contributed by atoms with Gasteiger partial charge in [0.2, 0.25) is 0 Å². The number of halogens is 2. The minimum absolute atomic E-state index is 0.628. The predicted molar refractivity (Wildman–Crippen MR) is 60.7 cm³/mol. The van der Waals surface area contributed by atoms with Crippen LogP contribution in [-0.2, 0) is 0 Å². The number of rotatable bonds is 2. The van der Waals surface area contributed by atoms with E-state index in [9.17, 15) is 4.39 Å². The van der Waals surface area contributed by atoms with Gasteiger partial charge in [0.05, 0.1) is 5.54 Å². The van der Waals surface area contributed by atoms with Crippen molar-refractivity contribution in [1.82, 2.24) is 0 Å². The minimum atomic E-state index is -1.07. The van der Waals surface area contributed by atoms with Crippen LogP contribution in [0.25, 0.3) is 0 Å². The van der Waals surface area contributed by atoms with Gasteiger partial charge in [0, 0.05) is 5.02 Å². The average Bonchev–Trinajstić information content (AvgIpc) is 2.67. The number of nitrogens with two attached hydrogens (primary N) is 1. The SMILES string of the molecule is NC1(C(F)c2ccc(Cl)cc2)CCCC1. The van der Waals surface area contributed by atoms with Crippen LogP contribution in [0.15, 0.2) is 24.3 Å². The molecule has 1 aliphatic rings. The van der Waals surface area contributed by atoms with Crippen molar-refractivity contribution in [3.63, 3.8) is 0 Å². The lowest BCUT2D eigenvalue weighted by Gasteiger charge is -2.28. The summed E-state index contributed by atoms with van der Waals surface area (Å²) >= 11 is 5.76. The largest absolute Gasteiger partial charge is 0.322 e. The molecule has 1 unspecified atom stereocenters. The standard InChI is InChI=1S/C12H15ClFN/c13-10-5-3-9(4-6-10)11(14)12(15)7-1-2-8-12/h3-6,11H,1-2,7-8,15H2. The van der Waals surface area contributed by atoms with Crippen LogP contribution in [0, 0.1) is 0 Å². The van der Waals surface area contributed by atoms with E-state index in [-0.39, 0.29) is 0 Å². The van der Waals surface area contributed by atoms with E-state index in [1.54, 1.807) is 24.3 Å². The van der Waals surface area contributed by atoms with Crippen molar-refractivity contribution in [3.05, 3.63) is 34.9 Å². The smallest absolute Gasteiger partial charge is 0.143 e. The van der Waals surface area contributed by atoms with Gasteiger partial charge in [-0.05, 0) is 30.5 Å². The summed E-state index contributed by atoms with van der Waals surface area (Å²) in [5, 5.41) is 0.628. The van der Waals surface area contributed by atoms with Gasteiger partial charge in [0.1, 0.15) is 6.17 Å². The Hall–Kier alpha value is -0.600. The van der Waals surface area contributed by atoms with Crippen molar-refractivity contribution in [1.29, 1.82) is 0 Å². The Morgan fingerprint density at radius 2 is 1.73 bits per heavy atom. The van der Waals surface area contributed by atoms with Crippen molar-refractivity contribution in [3.8, 4) is 0 Å². The molecular formula is C12H15ClFN. The third kappa shape index (κ3) is 2.16. The Balaban J connectivity index is 2.19. The summed E-state index contributed by atoms with van der Waals surface area (Å²) in [5.74, 6) is 0. The summed E-state index contributed by atoms with van der Waals surface area (Å²) in [4.78, 5) is 0. The summed E-state index contributed by atoms with van der Waals surface area (Å²) in [6.45, 7) is 0. The number of hydrogen-bond donors (Lipinski definition) is 1. The predicted octanol–water partition coefficient (Wildman–Crippen LogP) is 3.62. The van der Waals surface area contributed by atoms with E-state index in [1.165, 1.54) is 0 Å². The second kappa shape index (κ2) is 4.11. The quantitative estimate of drug-likeness (QED) is 0.821. The van der Waals surface area contributed by atoms with Crippen molar-refractivity contribution in [2.24, 2.45) is 5.73 Å². The first-order valence-corrected chi connectivity index (χ1v) is 5.68. The maximum Gasteiger partial charge on any atom is 0.143 e. The lowest BCUT2D eigenvalue weighted by Crippen LogP contribution is -2.41. The molecule has 0 aromatic heterocycles. The van der Waals surface area contributed by atoms with Gasteiger partial charge >= 0.3 is 0 Å². The van der Waals surface area contributed by atoms with Crippen LogP contribution in [0.1, 0.15) is 37.4 Å². The Kier molecular flexibility index (Phi) is 2.98. The summed E-state index contributed by atoms with van der Waals surface area (Å²) in [7, 11) is 0. The fraction of sp³-hybridized carbons (Fsp3) is 0.500. The van der Waals surface area contributed by atoms with E-state index < -0.39 is 11.7 Å². The maximum absolute atomic E-state index is 14.2. The lowest BCUT2D eigenvalue weighted by molar-refractivity contribution is 0.194. The molecule has 0 saturated heterocycles. The molecule has 0 spiro atoms. The molecular weight excluding hydrogens is 213 g/mol. The molecule has 0 bridgehead atoms. The van der Waals surface area contributed by atoms with Gasteiger partial charge in [-0.3, -0.25) is 0 Å². The molecule has 0 aliphatic heterocycles. The van der Waals surface area contributed by atoms with E-state index in [1.807, 2.05) is 0 Å². The molecule has 0 heterocycles. The Bertz CT molecular complexity index is 330. The highest BCUT2D eigenvalue weighted by Gasteiger charge is 2.38. The second-order valence-electron chi connectivity index (χ2n) is 4.35. The molecule has 1 fully saturated rings. The van der Waals surface area contributed by atoms with E-state index in [2.05, 4.69) is 0 Å². The van der Waals surface area contributed by atoms with Gasteiger partial charge < -0.3 is 5.73 Å². The Labute approximate surface area is 94.4 Å². The van der Waals surface area contributed by atoms with Crippen LogP contribution < -0.4 is 5.73 Å². The first-order chi connectivity index (χ1) is 7.12. The second-order valence-corrected chi connectivity index (χ2v) is 4.79. The molecule has 1 aliphatic carbocycles. The molecule has 0 amide bonds. The molecule has 0 radical (unpaired) electrons. The lowest BCUT2D eigenvalue weighted by atomic mass is 9.88. The molecule has 3 heteroatoms. The highest BCUT2D eigenvalue weighted by molar-refractivity contribution is 6.30. The molecule has 82 valence electrons. The fourth-order valence-electron chi connectivity index (χ4n) is 2.25. The van der Waals surface area contributed by atoms with E-state index in [0.717, 1.165) is 25.7 Å². The first kappa shape index (κ1) is 10.9. The van der Waals surface area contributed by atoms with E-state index in [4.69, 9.17) is 17.3 Å². The number of benzene rings is 1. The Morgan fingerprint density at radius 3 is 2.27 bits per heavy atom. The normalized spacial score (nSPS) is 21.5. The minimum Gasteiger partial charge on any atom is -0.322 e. The monoisotopic (exact) mass is 227 g/mol. The zero-order valence-electron chi connectivity index (χ0n) is 8.55. The molecule has 1 nitrogen and oxygen atoms in total. The molecule has 1 aromatic rings. The summed E-state index contributed by atoms with van der Waals surface area (Å²) in [6, 6.07) is 6.86. The number of alkyl halides is 1. The summed E-state index contributed by atoms with van der Waals surface area (Å²) in [5.41, 5.74) is 6.05. The van der Waals surface area contributed by atoms with Crippen LogP contribution >= 0.6 is 11.6 Å². The summed E-state index contributed by atoms with van der Waals surface area (Å²) < 4.78 is 14.2. The molecule has 1 atom stereocenters.